The van der Waals surface area contributed by atoms with Crippen LogP contribution in [0.4, 0.5) is 0 Å². The number of aliphatic hydroxyl groups is 2. The summed E-state index contributed by atoms with van der Waals surface area (Å²) in [6.45, 7) is 15.9. The Balaban J connectivity index is 1.26. The maximum Gasteiger partial charge on any atom is 0.326 e. The number of carbonyl (C=O) groups is 20. The molecule has 0 aromatic heterocycles. The molecular weight excluding hydrogens is 1760 g/mol. The molecule has 0 unspecified atom stereocenters. The van der Waals surface area contributed by atoms with E-state index in [0.717, 1.165) is 0 Å². The van der Waals surface area contributed by atoms with Crippen LogP contribution >= 0.6 is 11.8 Å². The van der Waals surface area contributed by atoms with Crippen LogP contribution in [0.15, 0.2) is 35.3 Å². The molecule has 47 heteroatoms. The molecule has 742 valence electrons. The Morgan fingerprint density at radius 3 is 1.41 bits per heavy atom. The van der Waals surface area contributed by atoms with Gasteiger partial charge in [0.15, 0.2) is 5.96 Å². The number of primary amides is 1. The van der Waals surface area contributed by atoms with Gasteiger partial charge in [0.05, 0.1) is 38.1 Å². The van der Waals surface area contributed by atoms with Crippen LogP contribution in [-0.4, -0.2) is 331 Å². The highest BCUT2D eigenvalue weighted by Crippen LogP contribution is 2.30. The first kappa shape index (κ1) is 112. The van der Waals surface area contributed by atoms with E-state index in [0.29, 0.717) is 56.4 Å². The summed E-state index contributed by atoms with van der Waals surface area (Å²) in [5, 5.41) is 73.2. The molecule has 25 N–H and O–H groups in total. The van der Waals surface area contributed by atoms with Gasteiger partial charge in [-0.05, 0) is 152 Å². The lowest BCUT2D eigenvalue weighted by molar-refractivity contribution is -0.151. The van der Waals surface area contributed by atoms with E-state index in [4.69, 9.17) is 22.9 Å². The second-order valence-electron chi connectivity index (χ2n) is 35.6. The number of guanidine groups is 1. The number of nitrogens with zero attached hydrogens (tertiary/aromatic N) is 5. The number of hydrogen-bond acceptors (Lipinski definition) is 25. The van der Waals surface area contributed by atoms with E-state index < -0.39 is 247 Å². The largest absolute Gasteiger partial charge is 0.481 e. The molecule has 46 nitrogen and oxygen atoms in total. The molecular formula is C86H138N22O24S. The number of nitrogens with two attached hydrogens (primary N) is 4. The van der Waals surface area contributed by atoms with E-state index >= 15 is 0 Å². The van der Waals surface area contributed by atoms with Gasteiger partial charge >= 0.3 is 11.9 Å². The molecule has 0 saturated carbocycles. The van der Waals surface area contributed by atoms with Crippen molar-refractivity contribution in [1.29, 1.82) is 0 Å². The van der Waals surface area contributed by atoms with Crippen molar-refractivity contribution >= 4 is 136 Å². The van der Waals surface area contributed by atoms with Gasteiger partial charge in [-0.2, -0.15) is 11.8 Å². The molecule has 1 aromatic rings. The topological polar surface area (TPSA) is 708 Å². The van der Waals surface area contributed by atoms with Crippen molar-refractivity contribution in [1.82, 2.24) is 88.7 Å². The number of nitrogens with one attached hydrogen (secondary N) is 13. The van der Waals surface area contributed by atoms with E-state index in [1.807, 2.05) is 20.1 Å². The lowest BCUT2D eigenvalue weighted by Crippen LogP contribution is -2.62. The molecule has 4 saturated heterocycles. The summed E-state index contributed by atoms with van der Waals surface area (Å²) in [4.78, 5) is 285. The summed E-state index contributed by atoms with van der Waals surface area (Å²) in [7, 11) is 0. The van der Waals surface area contributed by atoms with Crippen molar-refractivity contribution in [3.8, 4) is 0 Å². The number of benzene rings is 1. The predicted molar refractivity (Wildman–Crippen MR) is 483 cm³/mol. The third-order valence-electron chi connectivity index (χ3n) is 22.9. The number of aliphatic hydroxyl groups excluding tert-OH is 2. The van der Waals surface area contributed by atoms with E-state index in [1.54, 1.807) is 69.8 Å². The number of aliphatic imine (C=N–C) groups is 1. The smallest absolute Gasteiger partial charge is 0.326 e. The van der Waals surface area contributed by atoms with Crippen LogP contribution in [-0.2, 0) is 102 Å². The SMILES string of the molecule is CSCC[C@H](N)C(=O)N1CCC[C@H]1C(=O)N1CCC[C@H]1C(=O)N1CCC[C@H]1C(=O)N[C@@H](CC(C)C)C(=O)N1CCC[C@H]1C(=O)N[C@H](C(=O)N[C@@H](CCCN=C(N)N)C(=O)N[C@H](C(=O)N[C@@H](CC(=O)O)C(=O)N[C@@H](Cc1ccccc1)C(=O)N[C@@H](CO)C(=O)N[C@@H](CC(C)C)C(=O)N[C@@H](C)C(=O)NCC(=O)N[C@@H](C)C(=O)N[C@@H](CC(C)C)C(=O)N[C@@H](CC(N)=O)C(=O)O)C(C)C)[C@@H](C)O. The Bertz CT molecular complexity index is 4290. The lowest BCUT2D eigenvalue weighted by Gasteiger charge is -2.35. The average Bonchev–Trinajstić information content (AvgIpc) is 1.65. The van der Waals surface area contributed by atoms with Gasteiger partial charge in [0.25, 0.3) is 0 Å². The predicted octanol–water partition coefficient (Wildman–Crippen LogP) is -6.10. The second kappa shape index (κ2) is 54.3. The van der Waals surface area contributed by atoms with Gasteiger partial charge in [0, 0.05) is 39.1 Å². The number of carboxylic acids is 2. The number of likely N-dealkylation sites (tertiary alicyclic amines) is 4. The van der Waals surface area contributed by atoms with Crippen LogP contribution in [0.2, 0.25) is 0 Å². The van der Waals surface area contributed by atoms with Crippen molar-refractivity contribution in [2.75, 3.05) is 57.9 Å². The zero-order chi connectivity index (χ0) is 99.5. The van der Waals surface area contributed by atoms with Crippen molar-refractivity contribution in [2.45, 2.75) is 294 Å². The van der Waals surface area contributed by atoms with Crippen LogP contribution in [0, 0.1) is 23.7 Å². The van der Waals surface area contributed by atoms with E-state index in [-0.39, 0.29) is 119 Å². The maximum atomic E-state index is 14.8. The molecule has 4 aliphatic rings. The van der Waals surface area contributed by atoms with Gasteiger partial charge in [-0.1, -0.05) is 85.7 Å². The zero-order valence-electron chi connectivity index (χ0n) is 77.7. The normalized spacial score (nSPS) is 19.1. The molecule has 4 heterocycles. The molecule has 4 fully saturated rings. The van der Waals surface area contributed by atoms with E-state index in [9.17, 15) is 116 Å². The van der Waals surface area contributed by atoms with E-state index in [2.05, 4.69) is 74.1 Å². The third kappa shape index (κ3) is 35.2. The minimum absolute atomic E-state index is 0.00749. The van der Waals surface area contributed by atoms with Gasteiger partial charge in [-0.3, -0.25) is 96.1 Å². The molecule has 0 spiro atoms. The molecule has 4 aliphatic heterocycles. The summed E-state index contributed by atoms with van der Waals surface area (Å²) < 4.78 is 0. The first-order valence-corrected chi connectivity index (χ1v) is 46.5. The molecule has 5 rings (SSSR count). The van der Waals surface area contributed by atoms with Crippen molar-refractivity contribution in [3.63, 3.8) is 0 Å². The molecule has 0 bridgehead atoms. The fourth-order valence-electron chi connectivity index (χ4n) is 15.9. The molecule has 1 aromatic carbocycles. The number of aliphatic carboxylic acids is 2. The summed E-state index contributed by atoms with van der Waals surface area (Å²) in [5.41, 5.74) is 23.0. The quantitative estimate of drug-likeness (QED) is 0.0164. The fraction of sp³-hybridized carbons (Fsp3) is 0.686. The van der Waals surface area contributed by atoms with Crippen molar-refractivity contribution < 1.29 is 116 Å². The highest BCUT2D eigenvalue weighted by atomic mass is 32.2. The Labute approximate surface area is 777 Å². The van der Waals surface area contributed by atoms with Crippen LogP contribution in [0.1, 0.15) is 184 Å². The van der Waals surface area contributed by atoms with Gasteiger partial charge in [-0.15, -0.1) is 0 Å². The third-order valence-corrected chi connectivity index (χ3v) is 23.5. The molecule has 18 amide bonds. The van der Waals surface area contributed by atoms with Gasteiger partial charge < -0.3 is 132 Å². The summed E-state index contributed by atoms with van der Waals surface area (Å²) >= 11 is 1.55. The number of thioether (sulfide) groups is 1. The van der Waals surface area contributed by atoms with Gasteiger partial charge in [0.2, 0.25) is 106 Å². The van der Waals surface area contributed by atoms with Crippen LogP contribution < -0.4 is 92.1 Å². The van der Waals surface area contributed by atoms with Crippen LogP contribution in [0.3, 0.4) is 0 Å². The average molecular weight is 1900 g/mol. The van der Waals surface area contributed by atoms with Crippen molar-refractivity contribution in [3.05, 3.63) is 35.9 Å². The second-order valence-corrected chi connectivity index (χ2v) is 36.6. The van der Waals surface area contributed by atoms with Gasteiger partial charge in [-0.25, -0.2) is 4.79 Å². The standard InChI is InChI=1S/C86H138N22O24S/c1-43(2)35-53(72(118)94-47(9)69(115)92-41-65(112)93-48(10)70(116)96-54(36-44(3)4)73(119)101-58(85(131)132)39-64(88)111)97-76(122)59(42-109)102-74(120)55(38-50-21-14-13-15-22-50)98-75(121)56(40-66(113)114)99-79(125)67(46(7)8)103-71(117)52(23-16-29-91-86(89)90)95-80(126)68(49(11)110)104-78(124)61-25-17-30-105(61)82(128)57(37-45(5)6)100-77(123)60-24-18-31-106(60)83(129)63-27-20-33-108(63)84(130)62-26-19-32-107(62)81(127)51(87)28-34-133-12/h13-15,21-22,43-49,51-63,67-68,109-110H,16-20,23-42,87H2,1-12H3,(H2,88,111)(H,92,115)(H,93,112)(H,94,118)(H,95,126)(H,96,116)(H,97,122)(H,98,121)(H,99,125)(H,100,123)(H,101,119)(H,102,120)(H,103,117)(H,104,124)(H,113,114)(H,131,132)(H4,89,90,91)/t47-,48-,49+,51-,52-,53-,54-,55-,56-,57-,58-,59-,60-,61-,62-,63-,67-,68-/m0/s1. The number of carboxylic acid groups (broad SMARTS) is 2. The first-order chi connectivity index (χ1) is 62.6. The summed E-state index contributed by atoms with van der Waals surface area (Å²) in [6.07, 6.45) is 0.935. The molecule has 0 aliphatic carbocycles. The van der Waals surface area contributed by atoms with Gasteiger partial charge in [0.1, 0.15) is 96.7 Å². The van der Waals surface area contributed by atoms with E-state index in [1.165, 1.54) is 54.2 Å². The van der Waals surface area contributed by atoms with Crippen LogP contribution in [0.25, 0.3) is 0 Å². The summed E-state index contributed by atoms with van der Waals surface area (Å²) in [5.74, 6) is -20.4. The minimum Gasteiger partial charge on any atom is -0.481 e. The Morgan fingerprint density at radius 1 is 0.451 bits per heavy atom. The Hall–Kier alpha value is -11.9. The fourth-order valence-corrected chi connectivity index (χ4v) is 16.4. The molecule has 18 atom stereocenters. The number of carbonyl (C=O) groups excluding carboxylic acids is 18. The van der Waals surface area contributed by atoms with Crippen LogP contribution in [0.5, 0.6) is 0 Å². The highest BCUT2D eigenvalue weighted by Gasteiger charge is 2.49. The zero-order valence-corrected chi connectivity index (χ0v) is 78.5. The Kier molecular flexibility index (Phi) is 45.6. The number of amides is 18. The highest BCUT2D eigenvalue weighted by molar-refractivity contribution is 7.98. The number of hydrogen-bond donors (Lipinski definition) is 21. The van der Waals surface area contributed by atoms with Crippen molar-refractivity contribution in [2.24, 2.45) is 51.6 Å². The molecule has 0 radical (unpaired) electrons. The lowest BCUT2D eigenvalue weighted by atomic mass is 10.0. The monoisotopic (exact) mass is 1890 g/mol. The Morgan fingerprint density at radius 2 is 0.887 bits per heavy atom. The first-order valence-electron chi connectivity index (χ1n) is 45.1. The number of rotatable bonds is 53. The maximum absolute atomic E-state index is 14.8. The minimum atomic E-state index is -2.04. The molecule has 133 heavy (non-hydrogen) atoms. The summed E-state index contributed by atoms with van der Waals surface area (Å²) in [6, 6.07) is -16.1.